The minimum absolute atomic E-state index is 0.584. The summed E-state index contributed by atoms with van der Waals surface area (Å²) < 4.78 is 1.12. The fourth-order valence-electron chi connectivity index (χ4n) is 1.22. The van der Waals surface area contributed by atoms with Crippen molar-refractivity contribution < 1.29 is 0 Å². The van der Waals surface area contributed by atoms with Crippen molar-refractivity contribution in [2.24, 2.45) is 0 Å². The van der Waals surface area contributed by atoms with Crippen LogP contribution in [0.25, 0.3) is 0 Å². The molecule has 0 aliphatic carbocycles. The second kappa shape index (κ2) is 4.43. The lowest BCUT2D eigenvalue weighted by atomic mass is 10.0. The molecule has 1 nitrogen and oxygen atoms in total. The van der Waals surface area contributed by atoms with Gasteiger partial charge in [0, 0.05) is 10.9 Å². The number of nitriles is 1. The number of benzene rings is 1. The number of rotatable bonds is 2. The van der Waals surface area contributed by atoms with E-state index in [9.17, 15) is 0 Å². The third-order valence-electron chi connectivity index (χ3n) is 2.17. The summed E-state index contributed by atoms with van der Waals surface area (Å²) in [6.45, 7) is 4.19. The number of aryl methyl sites for hydroxylation is 3. The maximum atomic E-state index is 8.48. The molecular formula is C11H12BrN. The van der Waals surface area contributed by atoms with Gasteiger partial charge in [-0.15, -0.1) is 0 Å². The minimum atomic E-state index is 0.584. The SMILES string of the molecule is Cc1cc(Br)c(CCC#N)cc1C. The Hall–Kier alpha value is -0.810. The summed E-state index contributed by atoms with van der Waals surface area (Å²) in [6, 6.07) is 6.42. The van der Waals surface area contributed by atoms with Gasteiger partial charge in [-0.25, -0.2) is 0 Å². The molecule has 0 saturated heterocycles. The highest BCUT2D eigenvalue weighted by molar-refractivity contribution is 9.10. The molecule has 2 heteroatoms. The predicted octanol–water partition coefficient (Wildman–Crippen LogP) is 3.52. The van der Waals surface area contributed by atoms with Crippen LogP contribution in [0.4, 0.5) is 0 Å². The molecule has 13 heavy (non-hydrogen) atoms. The zero-order valence-electron chi connectivity index (χ0n) is 7.89. The monoisotopic (exact) mass is 237 g/mol. The van der Waals surface area contributed by atoms with Crippen molar-refractivity contribution in [2.75, 3.05) is 0 Å². The number of nitrogens with zero attached hydrogens (tertiary/aromatic N) is 1. The zero-order valence-corrected chi connectivity index (χ0v) is 9.48. The van der Waals surface area contributed by atoms with Crippen molar-refractivity contribution >= 4 is 15.9 Å². The smallest absolute Gasteiger partial charge is 0.0625 e. The van der Waals surface area contributed by atoms with Gasteiger partial charge in [0.15, 0.2) is 0 Å². The zero-order chi connectivity index (χ0) is 9.84. The quantitative estimate of drug-likeness (QED) is 0.773. The molecule has 1 aromatic rings. The largest absolute Gasteiger partial charge is 0.198 e. The Balaban J connectivity index is 2.96. The molecule has 0 aromatic heterocycles. The molecule has 0 bridgehead atoms. The van der Waals surface area contributed by atoms with Crippen molar-refractivity contribution in [1.29, 1.82) is 5.26 Å². The molecule has 0 aliphatic heterocycles. The van der Waals surface area contributed by atoms with Gasteiger partial charge >= 0.3 is 0 Å². The fraction of sp³-hybridized carbons (Fsp3) is 0.364. The Morgan fingerprint density at radius 3 is 2.54 bits per heavy atom. The molecular weight excluding hydrogens is 226 g/mol. The van der Waals surface area contributed by atoms with E-state index in [0.717, 1.165) is 10.9 Å². The Morgan fingerprint density at radius 1 is 1.31 bits per heavy atom. The number of halogens is 1. The van der Waals surface area contributed by atoms with Crippen LogP contribution in [0.5, 0.6) is 0 Å². The van der Waals surface area contributed by atoms with Crippen LogP contribution in [0.1, 0.15) is 23.1 Å². The van der Waals surface area contributed by atoms with Gasteiger partial charge in [-0.3, -0.25) is 0 Å². The third-order valence-corrected chi connectivity index (χ3v) is 2.91. The van der Waals surface area contributed by atoms with Gasteiger partial charge in [0.05, 0.1) is 6.07 Å². The van der Waals surface area contributed by atoms with Crippen LogP contribution in [0.2, 0.25) is 0 Å². The van der Waals surface area contributed by atoms with Gasteiger partial charge in [-0.2, -0.15) is 5.26 Å². The molecule has 0 aliphatic rings. The van der Waals surface area contributed by atoms with E-state index in [1.165, 1.54) is 16.7 Å². The molecule has 1 aromatic carbocycles. The predicted molar refractivity (Wildman–Crippen MR) is 57.6 cm³/mol. The number of hydrogen-bond donors (Lipinski definition) is 0. The average molecular weight is 238 g/mol. The molecule has 0 heterocycles. The van der Waals surface area contributed by atoms with Crippen LogP contribution in [0.15, 0.2) is 16.6 Å². The first-order chi connectivity index (χ1) is 6.15. The van der Waals surface area contributed by atoms with Crippen molar-refractivity contribution in [1.82, 2.24) is 0 Å². The summed E-state index contributed by atoms with van der Waals surface area (Å²) in [7, 11) is 0. The van der Waals surface area contributed by atoms with E-state index in [2.05, 4.69) is 48.0 Å². The highest BCUT2D eigenvalue weighted by atomic mass is 79.9. The van der Waals surface area contributed by atoms with E-state index >= 15 is 0 Å². The molecule has 0 fully saturated rings. The van der Waals surface area contributed by atoms with Crippen LogP contribution in [-0.2, 0) is 6.42 Å². The number of hydrogen-bond acceptors (Lipinski definition) is 1. The van der Waals surface area contributed by atoms with E-state index in [1.807, 2.05) is 0 Å². The fourth-order valence-corrected chi connectivity index (χ4v) is 1.88. The molecule has 0 saturated carbocycles. The van der Waals surface area contributed by atoms with Crippen LogP contribution in [0.3, 0.4) is 0 Å². The Morgan fingerprint density at radius 2 is 1.92 bits per heavy atom. The van der Waals surface area contributed by atoms with Crippen molar-refractivity contribution in [2.45, 2.75) is 26.7 Å². The van der Waals surface area contributed by atoms with Crippen LogP contribution in [0, 0.1) is 25.2 Å². The maximum Gasteiger partial charge on any atom is 0.0625 e. The summed E-state index contributed by atoms with van der Waals surface area (Å²) in [5.74, 6) is 0. The standard InChI is InChI=1S/C11H12BrN/c1-8-6-10(4-3-5-13)11(12)7-9(8)2/h6-7H,3-4H2,1-2H3. The van der Waals surface area contributed by atoms with E-state index in [1.54, 1.807) is 0 Å². The van der Waals surface area contributed by atoms with Crippen LogP contribution >= 0.6 is 15.9 Å². The van der Waals surface area contributed by atoms with E-state index in [0.29, 0.717) is 6.42 Å². The lowest BCUT2D eigenvalue weighted by Gasteiger charge is -2.06. The van der Waals surface area contributed by atoms with E-state index < -0.39 is 0 Å². The van der Waals surface area contributed by atoms with Gasteiger partial charge in [0.25, 0.3) is 0 Å². The molecule has 0 radical (unpaired) electrons. The molecule has 68 valence electrons. The van der Waals surface area contributed by atoms with Crippen molar-refractivity contribution in [3.05, 3.63) is 33.3 Å². The molecule has 1 rings (SSSR count). The summed E-state index contributed by atoms with van der Waals surface area (Å²) >= 11 is 3.50. The molecule has 0 spiro atoms. The van der Waals surface area contributed by atoms with Gasteiger partial charge in [0.2, 0.25) is 0 Å². The Bertz CT molecular complexity index is 350. The highest BCUT2D eigenvalue weighted by Crippen LogP contribution is 2.22. The molecule has 0 N–H and O–H groups in total. The molecule has 0 amide bonds. The normalized spacial score (nSPS) is 9.69. The summed E-state index contributed by atoms with van der Waals surface area (Å²) in [6.07, 6.45) is 1.42. The third kappa shape index (κ3) is 2.57. The molecule has 0 atom stereocenters. The second-order valence-electron chi connectivity index (χ2n) is 3.19. The highest BCUT2D eigenvalue weighted by Gasteiger charge is 2.02. The van der Waals surface area contributed by atoms with Gasteiger partial charge < -0.3 is 0 Å². The van der Waals surface area contributed by atoms with Crippen molar-refractivity contribution in [3.8, 4) is 6.07 Å². The van der Waals surface area contributed by atoms with Crippen molar-refractivity contribution in [3.63, 3.8) is 0 Å². The topological polar surface area (TPSA) is 23.8 Å². The van der Waals surface area contributed by atoms with E-state index in [-0.39, 0.29) is 0 Å². The first-order valence-electron chi connectivity index (χ1n) is 4.27. The van der Waals surface area contributed by atoms with Crippen LogP contribution < -0.4 is 0 Å². The minimum Gasteiger partial charge on any atom is -0.198 e. The maximum absolute atomic E-state index is 8.48. The average Bonchev–Trinajstić information content (AvgIpc) is 2.09. The first-order valence-corrected chi connectivity index (χ1v) is 5.07. The summed E-state index contributed by atoms with van der Waals surface area (Å²) in [5, 5.41) is 8.48. The summed E-state index contributed by atoms with van der Waals surface area (Å²) in [4.78, 5) is 0. The van der Waals surface area contributed by atoms with Gasteiger partial charge in [-0.05, 0) is 43.0 Å². The lowest BCUT2D eigenvalue weighted by Crippen LogP contribution is -1.90. The Kier molecular flexibility index (Phi) is 3.50. The second-order valence-corrected chi connectivity index (χ2v) is 4.04. The summed E-state index contributed by atoms with van der Waals surface area (Å²) in [5.41, 5.74) is 3.80. The first kappa shape index (κ1) is 10.3. The molecule has 0 unspecified atom stereocenters. The van der Waals surface area contributed by atoms with E-state index in [4.69, 9.17) is 5.26 Å². The Labute approximate surface area is 87.5 Å². The van der Waals surface area contributed by atoms with Crippen LogP contribution in [-0.4, -0.2) is 0 Å². The van der Waals surface area contributed by atoms with Gasteiger partial charge in [0.1, 0.15) is 0 Å². The lowest BCUT2D eigenvalue weighted by molar-refractivity contribution is 0.997. The van der Waals surface area contributed by atoms with Gasteiger partial charge in [-0.1, -0.05) is 22.0 Å².